The van der Waals surface area contributed by atoms with Crippen LogP contribution in [0.15, 0.2) is 0 Å². The van der Waals surface area contributed by atoms with Crippen molar-refractivity contribution >= 4 is 30.7 Å². The second kappa shape index (κ2) is 8.14. The van der Waals surface area contributed by atoms with Crippen molar-refractivity contribution in [3.05, 3.63) is 0 Å². The molecule has 0 aromatic rings. The minimum absolute atomic E-state index is 0. The van der Waals surface area contributed by atoms with E-state index >= 15 is 0 Å². The fourth-order valence-corrected chi connectivity index (χ4v) is 2.32. The molecule has 0 aromatic carbocycles. The Balaban J connectivity index is 0.00000128. The highest BCUT2D eigenvalue weighted by Crippen LogP contribution is 2.15. The van der Waals surface area contributed by atoms with Crippen molar-refractivity contribution in [1.29, 1.82) is 0 Å². The predicted molar refractivity (Wildman–Crippen MR) is 74.1 cm³/mol. The maximum atomic E-state index is 12.2. The Kier molecular flexibility index (Phi) is 8.12. The summed E-state index contributed by atoms with van der Waals surface area (Å²) in [6.45, 7) is 6.84. The molecule has 2 rings (SSSR count). The number of hydrogen-bond donors (Lipinski definition) is 2. The van der Waals surface area contributed by atoms with Crippen LogP contribution in [0.5, 0.6) is 0 Å². The fourth-order valence-electron chi connectivity index (χ4n) is 2.32. The molecular weight excluding hydrogens is 261 g/mol. The number of nitrogens with one attached hydrogen (secondary N) is 2. The molecule has 0 spiro atoms. The zero-order valence-electron chi connectivity index (χ0n) is 10.3. The summed E-state index contributed by atoms with van der Waals surface area (Å²) >= 11 is 0. The molecule has 6 heteroatoms. The SMILES string of the molecule is CCCN(C(=O)C1CNC1)C1CCNC1.Cl.Cl. The molecule has 1 unspecified atom stereocenters. The highest BCUT2D eigenvalue weighted by Gasteiger charge is 2.33. The topological polar surface area (TPSA) is 44.4 Å². The lowest BCUT2D eigenvalue weighted by Crippen LogP contribution is -2.54. The van der Waals surface area contributed by atoms with E-state index in [9.17, 15) is 4.79 Å². The molecule has 1 atom stereocenters. The molecule has 17 heavy (non-hydrogen) atoms. The Hall–Kier alpha value is -0.0300. The van der Waals surface area contributed by atoms with Gasteiger partial charge in [-0.25, -0.2) is 0 Å². The maximum Gasteiger partial charge on any atom is 0.228 e. The Morgan fingerprint density at radius 1 is 1.24 bits per heavy atom. The quantitative estimate of drug-likeness (QED) is 0.797. The van der Waals surface area contributed by atoms with Gasteiger partial charge in [0.15, 0.2) is 0 Å². The number of hydrogen-bond acceptors (Lipinski definition) is 3. The molecule has 2 heterocycles. The van der Waals surface area contributed by atoms with E-state index in [4.69, 9.17) is 0 Å². The third kappa shape index (κ3) is 3.98. The van der Waals surface area contributed by atoms with Gasteiger partial charge in [0.1, 0.15) is 0 Å². The largest absolute Gasteiger partial charge is 0.338 e. The van der Waals surface area contributed by atoms with Gasteiger partial charge in [0.2, 0.25) is 5.91 Å². The van der Waals surface area contributed by atoms with Crippen molar-refractivity contribution in [2.45, 2.75) is 25.8 Å². The lowest BCUT2D eigenvalue weighted by atomic mass is 10.0. The summed E-state index contributed by atoms with van der Waals surface area (Å²) < 4.78 is 0. The van der Waals surface area contributed by atoms with Crippen LogP contribution in [0.25, 0.3) is 0 Å². The predicted octanol–water partition coefficient (Wildman–Crippen LogP) is 0.650. The van der Waals surface area contributed by atoms with Crippen molar-refractivity contribution in [3.8, 4) is 0 Å². The summed E-state index contributed by atoms with van der Waals surface area (Å²) in [6, 6.07) is 0.443. The minimum Gasteiger partial charge on any atom is -0.338 e. The van der Waals surface area contributed by atoms with Gasteiger partial charge in [-0.2, -0.15) is 0 Å². The zero-order valence-corrected chi connectivity index (χ0v) is 11.9. The maximum absolute atomic E-state index is 12.2. The van der Waals surface area contributed by atoms with Gasteiger partial charge >= 0.3 is 0 Å². The number of carbonyl (C=O) groups is 1. The third-order valence-corrected chi connectivity index (χ3v) is 3.35. The molecule has 2 aliphatic rings. The third-order valence-electron chi connectivity index (χ3n) is 3.35. The molecule has 0 bridgehead atoms. The van der Waals surface area contributed by atoms with Crippen molar-refractivity contribution in [2.75, 3.05) is 32.7 Å². The number of carbonyl (C=O) groups excluding carboxylic acids is 1. The molecule has 102 valence electrons. The average Bonchev–Trinajstić information content (AvgIpc) is 2.63. The molecule has 4 nitrogen and oxygen atoms in total. The molecule has 1 amide bonds. The number of rotatable bonds is 4. The van der Waals surface area contributed by atoms with Crippen LogP contribution >= 0.6 is 24.8 Å². The van der Waals surface area contributed by atoms with Crippen LogP contribution in [0.4, 0.5) is 0 Å². The summed E-state index contributed by atoms with van der Waals surface area (Å²) in [5.74, 6) is 0.612. The molecular formula is C11H23Cl2N3O. The van der Waals surface area contributed by atoms with Crippen LogP contribution in [-0.2, 0) is 4.79 Å². The number of nitrogens with zero attached hydrogens (tertiary/aromatic N) is 1. The number of amides is 1. The first kappa shape index (κ1) is 17.0. The van der Waals surface area contributed by atoms with Crippen LogP contribution < -0.4 is 10.6 Å². The molecule has 2 N–H and O–H groups in total. The van der Waals surface area contributed by atoms with Gasteiger partial charge in [-0.05, 0) is 19.4 Å². The highest BCUT2D eigenvalue weighted by atomic mass is 35.5. The Morgan fingerprint density at radius 2 is 1.94 bits per heavy atom. The summed E-state index contributed by atoms with van der Waals surface area (Å²) in [5.41, 5.74) is 0. The van der Waals surface area contributed by atoms with Crippen LogP contribution in [0.3, 0.4) is 0 Å². The van der Waals surface area contributed by atoms with Gasteiger partial charge < -0.3 is 15.5 Å². The lowest BCUT2D eigenvalue weighted by molar-refractivity contribution is -0.139. The standard InChI is InChI=1S/C11H21N3O.2ClH/c1-2-5-14(10-3-4-12-8-10)11(15)9-6-13-7-9;;/h9-10,12-13H,2-8H2,1H3;2*1H. The molecule has 2 fully saturated rings. The van der Waals surface area contributed by atoms with E-state index < -0.39 is 0 Å². The van der Waals surface area contributed by atoms with Crippen LogP contribution in [0, 0.1) is 5.92 Å². The molecule has 0 aromatic heterocycles. The van der Waals surface area contributed by atoms with Gasteiger partial charge in [0, 0.05) is 32.2 Å². The smallest absolute Gasteiger partial charge is 0.228 e. The van der Waals surface area contributed by atoms with E-state index in [-0.39, 0.29) is 30.7 Å². The normalized spacial score (nSPS) is 23.2. The average molecular weight is 284 g/mol. The lowest BCUT2D eigenvalue weighted by Gasteiger charge is -2.35. The van der Waals surface area contributed by atoms with Gasteiger partial charge in [-0.3, -0.25) is 4.79 Å². The first-order chi connectivity index (χ1) is 7.33. The van der Waals surface area contributed by atoms with Crippen LogP contribution in [0.1, 0.15) is 19.8 Å². The zero-order chi connectivity index (χ0) is 10.7. The monoisotopic (exact) mass is 283 g/mol. The van der Waals surface area contributed by atoms with E-state index in [1.807, 2.05) is 0 Å². The minimum atomic E-state index is 0. The van der Waals surface area contributed by atoms with E-state index in [1.54, 1.807) is 0 Å². The molecule has 2 aliphatic heterocycles. The van der Waals surface area contributed by atoms with Gasteiger partial charge in [0.25, 0.3) is 0 Å². The van der Waals surface area contributed by atoms with Crippen LogP contribution in [0.2, 0.25) is 0 Å². The summed E-state index contributed by atoms with van der Waals surface area (Å²) in [7, 11) is 0. The van der Waals surface area contributed by atoms with Gasteiger partial charge in [-0.1, -0.05) is 6.92 Å². The van der Waals surface area contributed by atoms with E-state index in [1.165, 1.54) is 0 Å². The number of halogens is 2. The fraction of sp³-hybridized carbons (Fsp3) is 0.909. The first-order valence-corrected chi connectivity index (χ1v) is 6.05. The summed E-state index contributed by atoms with van der Waals surface area (Å²) in [4.78, 5) is 14.3. The molecule has 0 saturated carbocycles. The van der Waals surface area contributed by atoms with E-state index in [2.05, 4.69) is 22.5 Å². The molecule has 0 radical (unpaired) electrons. The highest BCUT2D eigenvalue weighted by molar-refractivity contribution is 5.85. The van der Waals surface area contributed by atoms with Crippen LogP contribution in [-0.4, -0.2) is 49.6 Å². The summed E-state index contributed by atoms with van der Waals surface area (Å²) in [6.07, 6.45) is 2.17. The van der Waals surface area contributed by atoms with E-state index in [0.29, 0.717) is 11.9 Å². The van der Waals surface area contributed by atoms with Crippen molar-refractivity contribution in [1.82, 2.24) is 15.5 Å². The molecule has 2 saturated heterocycles. The first-order valence-electron chi connectivity index (χ1n) is 6.05. The second-order valence-corrected chi connectivity index (χ2v) is 4.53. The van der Waals surface area contributed by atoms with Crippen molar-refractivity contribution in [3.63, 3.8) is 0 Å². The summed E-state index contributed by atoms with van der Waals surface area (Å²) in [5, 5.41) is 6.50. The molecule has 0 aliphatic carbocycles. The Bertz CT molecular complexity index is 231. The van der Waals surface area contributed by atoms with Gasteiger partial charge in [-0.15, -0.1) is 24.8 Å². The Labute approximate surface area is 116 Å². The van der Waals surface area contributed by atoms with Crippen molar-refractivity contribution < 1.29 is 4.79 Å². The van der Waals surface area contributed by atoms with Gasteiger partial charge in [0.05, 0.1) is 5.92 Å². The second-order valence-electron chi connectivity index (χ2n) is 4.53. The van der Waals surface area contributed by atoms with Crippen molar-refractivity contribution in [2.24, 2.45) is 5.92 Å². The van der Waals surface area contributed by atoms with E-state index in [0.717, 1.165) is 45.6 Å². The Morgan fingerprint density at radius 3 is 2.35 bits per heavy atom.